The van der Waals surface area contributed by atoms with Crippen LogP contribution in [0.5, 0.6) is 0 Å². The second-order valence-corrected chi connectivity index (χ2v) is 4.17. The van der Waals surface area contributed by atoms with Crippen molar-refractivity contribution in [3.63, 3.8) is 0 Å². The van der Waals surface area contributed by atoms with Crippen molar-refractivity contribution in [1.82, 2.24) is 15.4 Å². The van der Waals surface area contributed by atoms with Gasteiger partial charge in [0.25, 0.3) is 5.91 Å². The van der Waals surface area contributed by atoms with Crippen LogP contribution in [0.25, 0.3) is 0 Å². The Kier molecular flexibility index (Phi) is 4.20. The molecule has 0 aliphatic rings. The monoisotopic (exact) mass is 274 g/mol. The van der Waals surface area contributed by atoms with E-state index in [4.69, 9.17) is 11.6 Å². The van der Waals surface area contributed by atoms with Crippen molar-refractivity contribution in [2.45, 2.75) is 6.92 Å². The summed E-state index contributed by atoms with van der Waals surface area (Å²) in [5.41, 5.74) is 4.20. The molecule has 0 unspecified atom stereocenters. The standard InChI is InChI=1S/C13H11ClN4O/c1-9(10-2-4-11(14)5-3-10)17-18-13(19)12-8-15-6-7-16-12/h2-8H,1H3,(H,18,19)/b17-9+. The molecule has 0 atom stereocenters. The molecule has 0 fully saturated rings. The predicted molar refractivity (Wildman–Crippen MR) is 73.2 cm³/mol. The number of benzene rings is 1. The molecule has 1 heterocycles. The third kappa shape index (κ3) is 3.59. The van der Waals surface area contributed by atoms with Crippen LogP contribution in [0.4, 0.5) is 0 Å². The lowest BCUT2D eigenvalue weighted by molar-refractivity contribution is 0.0949. The molecule has 1 amide bonds. The van der Waals surface area contributed by atoms with Gasteiger partial charge in [0.15, 0.2) is 0 Å². The summed E-state index contributed by atoms with van der Waals surface area (Å²) < 4.78 is 0. The third-order valence-corrected chi connectivity index (χ3v) is 2.63. The van der Waals surface area contributed by atoms with Gasteiger partial charge in [0.1, 0.15) is 5.69 Å². The lowest BCUT2D eigenvalue weighted by Crippen LogP contribution is -2.20. The van der Waals surface area contributed by atoms with E-state index in [0.717, 1.165) is 5.56 Å². The Bertz CT molecular complexity index is 596. The molecule has 1 N–H and O–H groups in total. The number of hydrogen-bond acceptors (Lipinski definition) is 4. The van der Waals surface area contributed by atoms with Gasteiger partial charge in [-0.15, -0.1) is 0 Å². The van der Waals surface area contributed by atoms with Crippen molar-refractivity contribution in [3.8, 4) is 0 Å². The van der Waals surface area contributed by atoms with E-state index < -0.39 is 5.91 Å². The summed E-state index contributed by atoms with van der Waals surface area (Å²) in [4.78, 5) is 19.4. The summed E-state index contributed by atoms with van der Waals surface area (Å²) in [5.74, 6) is -0.401. The first-order chi connectivity index (χ1) is 9.16. The molecule has 0 bridgehead atoms. The number of carbonyl (C=O) groups excluding carboxylic acids is 1. The second-order valence-electron chi connectivity index (χ2n) is 3.74. The Hall–Kier alpha value is -2.27. The lowest BCUT2D eigenvalue weighted by atomic mass is 10.1. The van der Waals surface area contributed by atoms with Gasteiger partial charge in [0.05, 0.1) is 11.9 Å². The van der Waals surface area contributed by atoms with Crippen LogP contribution in [0.2, 0.25) is 5.02 Å². The normalized spacial score (nSPS) is 11.2. The van der Waals surface area contributed by atoms with Crippen LogP contribution in [-0.2, 0) is 0 Å². The van der Waals surface area contributed by atoms with Crippen molar-refractivity contribution in [3.05, 3.63) is 59.1 Å². The number of carbonyl (C=O) groups is 1. The summed E-state index contributed by atoms with van der Waals surface area (Å²) in [7, 11) is 0. The number of halogens is 1. The maximum absolute atomic E-state index is 11.7. The molecule has 6 heteroatoms. The quantitative estimate of drug-likeness (QED) is 0.690. The molecular formula is C13H11ClN4O. The highest BCUT2D eigenvalue weighted by Crippen LogP contribution is 2.10. The van der Waals surface area contributed by atoms with E-state index in [2.05, 4.69) is 20.5 Å². The van der Waals surface area contributed by atoms with Gasteiger partial charge < -0.3 is 0 Å². The van der Waals surface area contributed by atoms with Gasteiger partial charge in [-0.05, 0) is 24.6 Å². The van der Waals surface area contributed by atoms with E-state index in [0.29, 0.717) is 10.7 Å². The third-order valence-electron chi connectivity index (χ3n) is 2.38. The molecule has 0 spiro atoms. The molecule has 19 heavy (non-hydrogen) atoms. The molecule has 1 aromatic heterocycles. The highest BCUT2D eigenvalue weighted by Gasteiger charge is 2.05. The molecule has 2 rings (SSSR count). The number of aromatic nitrogens is 2. The first kappa shape index (κ1) is 13.2. The predicted octanol–water partition coefficient (Wildman–Crippen LogP) is 2.28. The highest BCUT2D eigenvalue weighted by molar-refractivity contribution is 6.30. The van der Waals surface area contributed by atoms with E-state index >= 15 is 0 Å². The van der Waals surface area contributed by atoms with E-state index in [-0.39, 0.29) is 5.69 Å². The Balaban J connectivity index is 2.06. The molecule has 0 saturated heterocycles. The summed E-state index contributed by atoms with van der Waals surface area (Å²) in [6.07, 6.45) is 4.33. The molecule has 5 nitrogen and oxygen atoms in total. The summed E-state index contributed by atoms with van der Waals surface area (Å²) in [6, 6.07) is 7.19. The first-order valence-corrected chi connectivity index (χ1v) is 5.91. The van der Waals surface area contributed by atoms with E-state index in [1.807, 2.05) is 12.1 Å². The molecule has 0 saturated carbocycles. The fraction of sp³-hybridized carbons (Fsp3) is 0.0769. The van der Waals surface area contributed by atoms with Gasteiger partial charge in [-0.25, -0.2) is 10.4 Å². The number of nitrogens with one attached hydrogen (secondary N) is 1. The molecule has 1 aromatic carbocycles. The fourth-order valence-electron chi connectivity index (χ4n) is 1.36. The summed E-state index contributed by atoms with van der Waals surface area (Å²) in [5, 5.41) is 4.66. The maximum atomic E-state index is 11.7. The SMILES string of the molecule is C/C(=N\NC(=O)c1cnccn1)c1ccc(Cl)cc1. The van der Waals surface area contributed by atoms with Crippen LogP contribution < -0.4 is 5.43 Å². The summed E-state index contributed by atoms with van der Waals surface area (Å²) >= 11 is 5.80. The number of rotatable bonds is 3. The van der Waals surface area contributed by atoms with Gasteiger partial charge in [-0.3, -0.25) is 9.78 Å². The molecule has 2 aromatic rings. The van der Waals surface area contributed by atoms with Crippen LogP contribution in [0, 0.1) is 0 Å². The average Bonchev–Trinajstić information content (AvgIpc) is 2.46. The Labute approximate surface area is 115 Å². The first-order valence-electron chi connectivity index (χ1n) is 5.53. The van der Waals surface area contributed by atoms with Crippen LogP contribution in [0.1, 0.15) is 23.0 Å². The summed E-state index contributed by atoms with van der Waals surface area (Å²) in [6.45, 7) is 1.79. The van der Waals surface area contributed by atoms with Crippen molar-refractivity contribution < 1.29 is 4.79 Å². The van der Waals surface area contributed by atoms with Crippen LogP contribution in [0.15, 0.2) is 48.0 Å². The topological polar surface area (TPSA) is 67.2 Å². The van der Waals surface area contributed by atoms with E-state index in [1.165, 1.54) is 18.6 Å². The minimum Gasteiger partial charge on any atom is -0.265 e. The number of nitrogens with zero attached hydrogens (tertiary/aromatic N) is 3. The van der Waals surface area contributed by atoms with Gasteiger partial charge in [-0.1, -0.05) is 23.7 Å². The zero-order chi connectivity index (χ0) is 13.7. The van der Waals surface area contributed by atoms with Gasteiger partial charge in [-0.2, -0.15) is 5.10 Å². The van der Waals surface area contributed by atoms with Crippen LogP contribution in [0.3, 0.4) is 0 Å². The zero-order valence-corrected chi connectivity index (χ0v) is 10.9. The number of amides is 1. The smallest absolute Gasteiger partial charge is 0.265 e. The highest BCUT2D eigenvalue weighted by atomic mass is 35.5. The molecule has 0 aliphatic carbocycles. The van der Waals surface area contributed by atoms with Crippen molar-refractivity contribution in [1.29, 1.82) is 0 Å². The minimum atomic E-state index is -0.401. The molecular weight excluding hydrogens is 264 g/mol. The zero-order valence-electron chi connectivity index (χ0n) is 10.2. The van der Waals surface area contributed by atoms with Crippen LogP contribution >= 0.6 is 11.6 Å². The average molecular weight is 275 g/mol. The Morgan fingerprint density at radius 1 is 1.26 bits per heavy atom. The van der Waals surface area contributed by atoms with Crippen molar-refractivity contribution in [2.24, 2.45) is 5.10 Å². The van der Waals surface area contributed by atoms with Crippen molar-refractivity contribution >= 4 is 23.2 Å². The Morgan fingerprint density at radius 3 is 2.63 bits per heavy atom. The second kappa shape index (κ2) is 6.06. The van der Waals surface area contributed by atoms with Gasteiger partial charge >= 0.3 is 0 Å². The fourth-order valence-corrected chi connectivity index (χ4v) is 1.49. The van der Waals surface area contributed by atoms with Crippen LogP contribution in [-0.4, -0.2) is 21.6 Å². The van der Waals surface area contributed by atoms with Gasteiger partial charge in [0.2, 0.25) is 0 Å². The number of hydrogen-bond donors (Lipinski definition) is 1. The number of hydrazone groups is 1. The molecule has 96 valence electrons. The molecule has 0 radical (unpaired) electrons. The maximum Gasteiger partial charge on any atom is 0.291 e. The van der Waals surface area contributed by atoms with Crippen molar-refractivity contribution in [2.75, 3.05) is 0 Å². The van der Waals surface area contributed by atoms with E-state index in [9.17, 15) is 4.79 Å². The lowest BCUT2D eigenvalue weighted by Gasteiger charge is -2.02. The van der Waals surface area contributed by atoms with Gasteiger partial charge in [0, 0.05) is 17.4 Å². The minimum absolute atomic E-state index is 0.218. The largest absolute Gasteiger partial charge is 0.291 e. The Morgan fingerprint density at radius 2 is 2.00 bits per heavy atom. The van der Waals surface area contributed by atoms with E-state index in [1.54, 1.807) is 19.1 Å². The molecule has 0 aliphatic heterocycles.